The Bertz CT molecular complexity index is 1160. The molecule has 3 heterocycles. The highest BCUT2D eigenvalue weighted by Crippen LogP contribution is 2.35. The van der Waals surface area contributed by atoms with E-state index in [1.165, 1.54) is 23.7 Å². The number of hydrogen-bond donors (Lipinski definition) is 1. The molecule has 0 saturated carbocycles. The number of nitrogens with zero attached hydrogens (tertiary/aromatic N) is 3. The molecule has 1 amide bonds. The Balaban J connectivity index is 1.60. The number of halogens is 2. The Kier molecular flexibility index (Phi) is 5.25. The van der Waals surface area contributed by atoms with Gasteiger partial charge in [0.2, 0.25) is 0 Å². The van der Waals surface area contributed by atoms with E-state index in [1.54, 1.807) is 6.92 Å². The van der Waals surface area contributed by atoms with Gasteiger partial charge in [-0.3, -0.25) is 14.7 Å². The number of carbonyl (C=O) groups is 1. The summed E-state index contributed by atoms with van der Waals surface area (Å²) in [5, 5.41) is 5.00. The summed E-state index contributed by atoms with van der Waals surface area (Å²) in [4.78, 5) is 22.2. The summed E-state index contributed by atoms with van der Waals surface area (Å²) in [7, 11) is 0. The lowest BCUT2D eigenvalue weighted by atomic mass is 10.0. The minimum Gasteiger partial charge on any atom is -0.297 e. The van der Waals surface area contributed by atoms with Gasteiger partial charge in [-0.1, -0.05) is 41.2 Å². The molecular formula is C20H16F2N4OS2. The van der Waals surface area contributed by atoms with Gasteiger partial charge in [-0.2, -0.15) is 8.78 Å². The average Bonchev–Trinajstić information content (AvgIpc) is 3.41. The molecule has 0 unspecified atom stereocenters. The van der Waals surface area contributed by atoms with E-state index in [2.05, 4.69) is 15.3 Å². The van der Waals surface area contributed by atoms with Crippen LogP contribution in [0, 0.1) is 13.8 Å². The maximum absolute atomic E-state index is 13.2. The van der Waals surface area contributed by atoms with E-state index in [1.807, 2.05) is 42.6 Å². The van der Waals surface area contributed by atoms with Crippen LogP contribution < -0.4 is 5.32 Å². The molecule has 9 heteroatoms. The number of anilines is 1. The zero-order valence-corrected chi connectivity index (χ0v) is 17.2. The fraction of sp³-hybridized carbons (Fsp3) is 0.150. The third-order valence-corrected chi connectivity index (χ3v) is 6.32. The van der Waals surface area contributed by atoms with E-state index < -0.39 is 6.55 Å². The van der Waals surface area contributed by atoms with Crippen LogP contribution in [-0.2, 0) is 0 Å². The van der Waals surface area contributed by atoms with Crippen molar-refractivity contribution in [1.82, 2.24) is 14.5 Å². The molecule has 148 valence electrons. The van der Waals surface area contributed by atoms with E-state index in [9.17, 15) is 13.6 Å². The van der Waals surface area contributed by atoms with Gasteiger partial charge in [0.15, 0.2) is 11.0 Å². The topological polar surface area (TPSA) is 59.8 Å². The summed E-state index contributed by atoms with van der Waals surface area (Å²) in [6.45, 7) is 1.01. The van der Waals surface area contributed by atoms with E-state index in [0.29, 0.717) is 20.6 Å². The summed E-state index contributed by atoms with van der Waals surface area (Å²) in [6.07, 6.45) is 2.54. The first-order valence-electron chi connectivity index (χ1n) is 8.68. The van der Waals surface area contributed by atoms with Crippen LogP contribution in [0.3, 0.4) is 0 Å². The Labute approximate surface area is 173 Å². The van der Waals surface area contributed by atoms with Crippen molar-refractivity contribution in [3.63, 3.8) is 0 Å². The van der Waals surface area contributed by atoms with Crippen molar-refractivity contribution in [3.8, 4) is 21.8 Å². The molecule has 1 aromatic carbocycles. The second-order valence-corrected chi connectivity index (χ2v) is 8.27. The predicted octanol–water partition coefficient (Wildman–Crippen LogP) is 6.00. The second-order valence-electron chi connectivity index (χ2n) is 6.35. The number of thiazole rings is 1. The highest BCUT2D eigenvalue weighted by molar-refractivity contribution is 7.19. The molecule has 1 N–H and O–H groups in total. The third-order valence-electron chi connectivity index (χ3n) is 4.33. The summed E-state index contributed by atoms with van der Waals surface area (Å²) < 4.78 is 27.1. The van der Waals surface area contributed by atoms with Crippen LogP contribution in [0.2, 0.25) is 0 Å². The first-order valence-corrected chi connectivity index (χ1v) is 10.4. The lowest BCUT2D eigenvalue weighted by Crippen LogP contribution is -2.11. The van der Waals surface area contributed by atoms with Gasteiger partial charge in [0.1, 0.15) is 4.88 Å². The number of amides is 1. The first-order chi connectivity index (χ1) is 13.9. The van der Waals surface area contributed by atoms with Crippen molar-refractivity contribution in [1.29, 1.82) is 0 Å². The minimum absolute atomic E-state index is 0.131. The van der Waals surface area contributed by atoms with Crippen molar-refractivity contribution in [2.24, 2.45) is 0 Å². The van der Waals surface area contributed by atoms with E-state index in [-0.39, 0.29) is 11.7 Å². The van der Waals surface area contributed by atoms with Crippen molar-refractivity contribution in [3.05, 3.63) is 64.2 Å². The molecule has 4 rings (SSSR count). The molecule has 4 aromatic rings. The Hall–Kier alpha value is -2.91. The summed E-state index contributed by atoms with van der Waals surface area (Å²) in [5.74, 6) is -0.153. The monoisotopic (exact) mass is 430 g/mol. The number of aromatic nitrogens is 3. The number of nitrogens with one attached hydrogen (secondary N) is 1. The average molecular weight is 431 g/mol. The molecule has 0 aliphatic heterocycles. The van der Waals surface area contributed by atoms with Gasteiger partial charge in [-0.05, 0) is 30.9 Å². The van der Waals surface area contributed by atoms with Gasteiger partial charge >= 0.3 is 6.55 Å². The second kappa shape index (κ2) is 7.84. The lowest BCUT2D eigenvalue weighted by molar-refractivity contribution is 0.0720. The normalized spacial score (nSPS) is 11.2. The number of benzene rings is 1. The summed E-state index contributed by atoms with van der Waals surface area (Å²) in [5.41, 5.74) is 3.47. The van der Waals surface area contributed by atoms with Crippen LogP contribution in [0.1, 0.15) is 27.5 Å². The fourth-order valence-electron chi connectivity index (χ4n) is 2.90. The first kappa shape index (κ1) is 19.4. The molecule has 3 aromatic heterocycles. The predicted molar refractivity (Wildman–Crippen MR) is 112 cm³/mol. The quantitative estimate of drug-likeness (QED) is 0.422. The maximum Gasteiger partial charge on any atom is 0.320 e. The Morgan fingerprint density at radius 3 is 2.66 bits per heavy atom. The largest absolute Gasteiger partial charge is 0.320 e. The highest BCUT2D eigenvalue weighted by atomic mass is 32.1. The van der Waals surface area contributed by atoms with E-state index in [0.717, 1.165) is 32.6 Å². The molecule has 0 saturated heterocycles. The molecule has 0 radical (unpaired) electrons. The van der Waals surface area contributed by atoms with Crippen molar-refractivity contribution in [2.75, 3.05) is 5.32 Å². The maximum atomic E-state index is 13.2. The lowest BCUT2D eigenvalue weighted by Gasteiger charge is -2.05. The van der Waals surface area contributed by atoms with Gasteiger partial charge in [-0.15, -0.1) is 11.3 Å². The number of alkyl halides is 2. The fourth-order valence-corrected chi connectivity index (χ4v) is 4.68. The van der Waals surface area contributed by atoms with E-state index in [4.69, 9.17) is 0 Å². The molecule has 0 aliphatic rings. The van der Waals surface area contributed by atoms with Crippen molar-refractivity contribution >= 4 is 33.7 Å². The van der Waals surface area contributed by atoms with Crippen LogP contribution in [0.25, 0.3) is 21.8 Å². The standard InChI is InChI=1S/C20H16F2N4OS2/c1-11-3-5-13(6-4-11)14-7-10-28-16(14)18(27)25-20-24-12(2)15(29-20)17-23-8-9-26(17)19(21)22/h3-10,19H,1-2H3,(H,24,25,27). The molecule has 29 heavy (non-hydrogen) atoms. The van der Waals surface area contributed by atoms with Crippen molar-refractivity contribution < 1.29 is 13.6 Å². The van der Waals surface area contributed by atoms with Crippen LogP contribution >= 0.6 is 22.7 Å². The molecule has 0 spiro atoms. The minimum atomic E-state index is -2.70. The van der Waals surface area contributed by atoms with Crippen molar-refractivity contribution in [2.45, 2.75) is 20.4 Å². The van der Waals surface area contributed by atoms with Gasteiger partial charge < -0.3 is 0 Å². The summed E-state index contributed by atoms with van der Waals surface area (Å²) in [6, 6.07) is 9.85. The highest BCUT2D eigenvalue weighted by Gasteiger charge is 2.21. The van der Waals surface area contributed by atoms with Crippen LogP contribution in [0.15, 0.2) is 48.1 Å². The number of hydrogen-bond acceptors (Lipinski definition) is 5. The van der Waals surface area contributed by atoms with Gasteiger partial charge in [-0.25, -0.2) is 9.97 Å². The number of carbonyl (C=O) groups excluding carboxylic acids is 1. The molecule has 5 nitrogen and oxygen atoms in total. The Morgan fingerprint density at radius 1 is 1.17 bits per heavy atom. The molecule has 0 atom stereocenters. The van der Waals surface area contributed by atoms with Gasteiger partial charge in [0.25, 0.3) is 5.91 Å². The number of imidazole rings is 1. The molecule has 0 fully saturated rings. The Morgan fingerprint density at radius 2 is 1.93 bits per heavy atom. The van der Waals surface area contributed by atoms with Crippen LogP contribution in [-0.4, -0.2) is 20.4 Å². The molecule has 0 aliphatic carbocycles. The SMILES string of the molecule is Cc1ccc(-c2ccsc2C(=O)Nc2nc(C)c(-c3nccn3C(F)F)s2)cc1. The smallest absolute Gasteiger partial charge is 0.297 e. The molecule has 0 bridgehead atoms. The van der Waals surface area contributed by atoms with Gasteiger partial charge in [0.05, 0.1) is 10.6 Å². The number of aryl methyl sites for hydroxylation is 2. The van der Waals surface area contributed by atoms with Gasteiger partial charge in [0, 0.05) is 18.0 Å². The zero-order valence-electron chi connectivity index (χ0n) is 15.5. The third kappa shape index (κ3) is 3.83. The van der Waals surface area contributed by atoms with E-state index >= 15 is 0 Å². The number of thiophene rings is 1. The number of rotatable bonds is 5. The zero-order chi connectivity index (χ0) is 20.5. The summed E-state index contributed by atoms with van der Waals surface area (Å²) >= 11 is 2.46. The molecular weight excluding hydrogens is 414 g/mol. The van der Waals surface area contributed by atoms with Crippen LogP contribution in [0.4, 0.5) is 13.9 Å². The van der Waals surface area contributed by atoms with Crippen LogP contribution in [0.5, 0.6) is 0 Å².